The van der Waals surface area contributed by atoms with Gasteiger partial charge in [0.2, 0.25) is 5.91 Å². The fourth-order valence-corrected chi connectivity index (χ4v) is 3.17. The number of aromatic nitrogens is 2. The summed E-state index contributed by atoms with van der Waals surface area (Å²) in [6.07, 6.45) is 2.58. The Morgan fingerprint density at radius 1 is 1.38 bits per heavy atom. The molecule has 0 unspecified atom stereocenters. The van der Waals surface area contributed by atoms with Crippen LogP contribution in [0.1, 0.15) is 42.3 Å². The van der Waals surface area contributed by atoms with Gasteiger partial charge in [-0.1, -0.05) is 6.92 Å². The monoisotopic (exact) mass is 363 g/mol. The number of amides is 1. The largest absolute Gasteiger partial charge is 0.376 e. The lowest BCUT2D eigenvalue weighted by Crippen LogP contribution is -2.24. The Kier molecular flexibility index (Phi) is 5.98. The molecule has 1 amide bonds. The van der Waals surface area contributed by atoms with E-state index in [0.717, 1.165) is 48.8 Å². The third-order valence-electron chi connectivity index (χ3n) is 4.49. The van der Waals surface area contributed by atoms with Crippen LogP contribution in [0.2, 0.25) is 0 Å². The van der Waals surface area contributed by atoms with Gasteiger partial charge in [0, 0.05) is 49.2 Å². The summed E-state index contributed by atoms with van der Waals surface area (Å²) >= 11 is 0. The van der Waals surface area contributed by atoms with E-state index in [1.807, 2.05) is 4.68 Å². The van der Waals surface area contributed by atoms with Crippen molar-refractivity contribution in [2.45, 2.75) is 52.3 Å². The van der Waals surface area contributed by atoms with E-state index in [4.69, 9.17) is 4.74 Å². The minimum atomic E-state index is -0.531. The molecule has 2 heterocycles. The fraction of sp³-hybridized carbons (Fsp3) is 0.474. The second kappa shape index (κ2) is 8.40. The number of hydrogen-bond acceptors (Lipinski definition) is 3. The average Bonchev–Trinajstić information content (AvgIpc) is 2.99. The third kappa shape index (κ3) is 4.27. The van der Waals surface area contributed by atoms with Gasteiger partial charge in [-0.25, -0.2) is 8.78 Å². The summed E-state index contributed by atoms with van der Waals surface area (Å²) in [6, 6.07) is 3.21. The zero-order chi connectivity index (χ0) is 18.5. The van der Waals surface area contributed by atoms with E-state index in [1.54, 1.807) is 0 Å². The number of carbonyl (C=O) groups is 1. The maximum Gasteiger partial charge on any atom is 0.220 e. The number of rotatable bonds is 7. The van der Waals surface area contributed by atoms with Crippen molar-refractivity contribution < 1.29 is 18.3 Å². The summed E-state index contributed by atoms with van der Waals surface area (Å²) in [5.74, 6) is -1.27. The van der Waals surface area contributed by atoms with E-state index in [-0.39, 0.29) is 24.4 Å². The summed E-state index contributed by atoms with van der Waals surface area (Å²) < 4.78 is 34.3. The normalized spacial score (nSPS) is 13.5. The number of hydrogen-bond donors (Lipinski definition) is 1. The molecule has 0 saturated heterocycles. The molecule has 1 aliphatic rings. The summed E-state index contributed by atoms with van der Waals surface area (Å²) in [5, 5.41) is 7.28. The maximum absolute atomic E-state index is 13.6. The molecule has 7 heteroatoms. The summed E-state index contributed by atoms with van der Waals surface area (Å²) in [4.78, 5) is 12.1. The molecule has 2 aromatic rings. The van der Waals surface area contributed by atoms with Crippen LogP contribution in [0.15, 0.2) is 18.2 Å². The molecule has 0 saturated carbocycles. The number of carbonyl (C=O) groups excluding carboxylic acids is 1. The Balaban J connectivity index is 1.58. The van der Waals surface area contributed by atoms with Crippen LogP contribution in [-0.2, 0) is 42.1 Å². The van der Waals surface area contributed by atoms with Crippen molar-refractivity contribution in [1.82, 2.24) is 15.1 Å². The molecule has 0 spiro atoms. The van der Waals surface area contributed by atoms with Crippen LogP contribution in [0.3, 0.4) is 0 Å². The van der Waals surface area contributed by atoms with Crippen LogP contribution in [0.25, 0.3) is 0 Å². The highest BCUT2D eigenvalue weighted by molar-refractivity contribution is 5.76. The molecule has 1 aromatic heterocycles. The van der Waals surface area contributed by atoms with Gasteiger partial charge in [-0.05, 0) is 24.6 Å². The van der Waals surface area contributed by atoms with Gasteiger partial charge in [-0.3, -0.25) is 9.48 Å². The topological polar surface area (TPSA) is 56.2 Å². The predicted molar refractivity (Wildman–Crippen MR) is 92.4 cm³/mol. The number of halogens is 2. The average molecular weight is 363 g/mol. The summed E-state index contributed by atoms with van der Waals surface area (Å²) in [7, 11) is 0. The molecule has 0 aliphatic carbocycles. The van der Waals surface area contributed by atoms with Gasteiger partial charge < -0.3 is 10.1 Å². The highest BCUT2D eigenvalue weighted by Gasteiger charge is 2.21. The Labute approximate surface area is 151 Å². The number of aryl methyl sites for hydroxylation is 2. The van der Waals surface area contributed by atoms with Crippen molar-refractivity contribution in [2.75, 3.05) is 6.61 Å². The van der Waals surface area contributed by atoms with Crippen LogP contribution in [-0.4, -0.2) is 22.3 Å². The third-order valence-corrected chi connectivity index (χ3v) is 4.49. The van der Waals surface area contributed by atoms with Crippen molar-refractivity contribution in [3.05, 3.63) is 52.3 Å². The smallest absolute Gasteiger partial charge is 0.220 e. The van der Waals surface area contributed by atoms with E-state index in [1.165, 1.54) is 5.69 Å². The van der Waals surface area contributed by atoms with Crippen LogP contribution in [0, 0.1) is 11.6 Å². The van der Waals surface area contributed by atoms with E-state index < -0.39 is 11.6 Å². The fourth-order valence-electron chi connectivity index (χ4n) is 3.17. The first-order valence-electron chi connectivity index (χ1n) is 8.94. The zero-order valence-corrected chi connectivity index (χ0v) is 14.9. The maximum atomic E-state index is 13.6. The van der Waals surface area contributed by atoms with Gasteiger partial charge in [-0.2, -0.15) is 5.10 Å². The Bertz CT molecular complexity index is 789. The number of fused-ring (bicyclic) bond motifs is 1. The standard InChI is InChI=1S/C19H23F2N3O2/c1-2-8-24-18-7-9-26-12-15(18)17(23-24)5-6-19(25)22-11-13-10-14(20)3-4-16(13)21/h3-4,10H,2,5-9,11-12H2,1H3,(H,22,25). The van der Waals surface area contributed by atoms with E-state index >= 15 is 0 Å². The van der Waals surface area contributed by atoms with E-state index in [0.29, 0.717) is 19.6 Å². The van der Waals surface area contributed by atoms with Gasteiger partial charge in [0.1, 0.15) is 11.6 Å². The number of nitrogens with zero attached hydrogens (tertiary/aromatic N) is 2. The minimum Gasteiger partial charge on any atom is -0.376 e. The molecule has 26 heavy (non-hydrogen) atoms. The first kappa shape index (κ1) is 18.5. The molecule has 0 bridgehead atoms. The van der Waals surface area contributed by atoms with Gasteiger partial charge in [-0.15, -0.1) is 0 Å². The first-order valence-corrected chi connectivity index (χ1v) is 8.94. The predicted octanol–water partition coefficient (Wildman–Crippen LogP) is 2.89. The molecule has 5 nitrogen and oxygen atoms in total. The van der Waals surface area contributed by atoms with Crippen LogP contribution in [0.5, 0.6) is 0 Å². The Morgan fingerprint density at radius 2 is 2.23 bits per heavy atom. The minimum absolute atomic E-state index is 0.0338. The molecule has 1 aliphatic heterocycles. The molecular weight excluding hydrogens is 340 g/mol. The Hall–Kier alpha value is -2.28. The molecule has 0 fully saturated rings. The lowest BCUT2D eigenvalue weighted by atomic mass is 10.1. The molecule has 1 aromatic carbocycles. The van der Waals surface area contributed by atoms with Crippen molar-refractivity contribution >= 4 is 5.91 Å². The molecule has 140 valence electrons. The molecule has 3 rings (SSSR count). The SMILES string of the molecule is CCCn1nc(CCC(=O)NCc2cc(F)ccc2F)c2c1CCOC2. The lowest BCUT2D eigenvalue weighted by molar-refractivity contribution is -0.121. The second-order valence-electron chi connectivity index (χ2n) is 6.41. The number of ether oxygens (including phenoxy) is 1. The first-order chi connectivity index (χ1) is 12.6. The van der Waals surface area contributed by atoms with Gasteiger partial charge in [0.05, 0.1) is 18.9 Å². The van der Waals surface area contributed by atoms with Crippen molar-refractivity contribution in [2.24, 2.45) is 0 Å². The van der Waals surface area contributed by atoms with Crippen molar-refractivity contribution in [3.8, 4) is 0 Å². The highest BCUT2D eigenvalue weighted by atomic mass is 19.1. The van der Waals surface area contributed by atoms with Crippen molar-refractivity contribution in [3.63, 3.8) is 0 Å². The second-order valence-corrected chi connectivity index (χ2v) is 6.41. The summed E-state index contributed by atoms with van der Waals surface area (Å²) in [5.41, 5.74) is 3.32. The molecule has 1 N–H and O–H groups in total. The van der Waals surface area contributed by atoms with Crippen LogP contribution >= 0.6 is 0 Å². The molecule has 0 radical (unpaired) electrons. The van der Waals surface area contributed by atoms with E-state index in [9.17, 15) is 13.6 Å². The summed E-state index contributed by atoms with van der Waals surface area (Å²) in [6.45, 7) is 4.15. The van der Waals surface area contributed by atoms with Crippen LogP contribution < -0.4 is 5.32 Å². The quantitative estimate of drug-likeness (QED) is 0.823. The number of nitrogens with one attached hydrogen (secondary N) is 1. The number of benzene rings is 1. The van der Waals surface area contributed by atoms with Gasteiger partial charge in [0.25, 0.3) is 0 Å². The Morgan fingerprint density at radius 3 is 3.04 bits per heavy atom. The van der Waals surface area contributed by atoms with E-state index in [2.05, 4.69) is 17.3 Å². The van der Waals surface area contributed by atoms with Gasteiger partial charge >= 0.3 is 0 Å². The van der Waals surface area contributed by atoms with Gasteiger partial charge in [0.15, 0.2) is 0 Å². The van der Waals surface area contributed by atoms with Crippen LogP contribution in [0.4, 0.5) is 8.78 Å². The lowest BCUT2D eigenvalue weighted by Gasteiger charge is -2.14. The highest BCUT2D eigenvalue weighted by Crippen LogP contribution is 2.22. The van der Waals surface area contributed by atoms with Crippen molar-refractivity contribution in [1.29, 1.82) is 0 Å². The zero-order valence-electron chi connectivity index (χ0n) is 14.9. The molecule has 0 atom stereocenters. The molecular formula is C19H23F2N3O2.